The lowest BCUT2D eigenvalue weighted by molar-refractivity contribution is -0.121. The molecule has 0 saturated heterocycles. The summed E-state index contributed by atoms with van der Waals surface area (Å²) in [5.74, 6) is -0.409. The monoisotopic (exact) mass is 341 g/mol. The molecule has 0 unspecified atom stereocenters. The quantitative estimate of drug-likeness (QED) is 0.892. The van der Waals surface area contributed by atoms with Crippen LogP contribution in [0.15, 0.2) is 42.6 Å². The molecule has 0 radical (unpaired) electrons. The Hall–Kier alpha value is -2.76. The van der Waals surface area contributed by atoms with Crippen molar-refractivity contribution in [3.8, 4) is 0 Å². The van der Waals surface area contributed by atoms with Crippen LogP contribution in [0.4, 0.5) is 15.9 Å². The van der Waals surface area contributed by atoms with E-state index in [2.05, 4.69) is 15.6 Å². The standard InChI is InChI=1S/C19H20FN3O2/c1-13(24)22-14-8-9-17(21-12-14)23-18(25)19(10-4-5-11-19)15-6-2-3-7-16(15)20/h2-3,6-9,12H,4-5,10-11H2,1H3,(H,22,24)(H,21,23,25). The summed E-state index contributed by atoms with van der Waals surface area (Å²) in [6, 6.07) is 9.74. The molecular formula is C19H20FN3O2. The summed E-state index contributed by atoms with van der Waals surface area (Å²) in [4.78, 5) is 28.2. The maximum Gasteiger partial charge on any atom is 0.236 e. The van der Waals surface area contributed by atoms with Crippen molar-refractivity contribution in [2.75, 3.05) is 10.6 Å². The summed E-state index contributed by atoms with van der Waals surface area (Å²) in [7, 11) is 0. The normalized spacial score (nSPS) is 15.6. The third-order valence-electron chi connectivity index (χ3n) is 4.61. The molecule has 1 aromatic heterocycles. The predicted octanol–water partition coefficient (Wildman–Crippen LogP) is 3.63. The van der Waals surface area contributed by atoms with Gasteiger partial charge in [-0.15, -0.1) is 0 Å². The zero-order valence-electron chi connectivity index (χ0n) is 14.0. The second kappa shape index (κ2) is 7.01. The first-order valence-electron chi connectivity index (χ1n) is 8.31. The minimum atomic E-state index is -0.858. The Labute approximate surface area is 145 Å². The number of nitrogens with one attached hydrogen (secondary N) is 2. The fraction of sp³-hybridized carbons (Fsp3) is 0.316. The maximum absolute atomic E-state index is 14.3. The van der Waals surface area contributed by atoms with Gasteiger partial charge in [0.25, 0.3) is 0 Å². The van der Waals surface area contributed by atoms with Gasteiger partial charge in [-0.2, -0.15) is 0 Å². The Morgan fingerprint density at radius 1 is 1.08 bits per heavy atom. The van der Waals surface area contributed by atoms with E-state index in [-0.39, 0.29) is 17.6 Å². The highest BCUT2D eigenvalue weighted by Gasteiger charge is 2.44. The smallest absolute Gasteiger partial charge is 0.236 e. The van der Waals surface area contributed by atoms with Crippen LogP contribution in [0, 0.1) is 5.82 Å². The third-order valence-corrected chi connectivity index (χ3v) is 4.61. The topological polar surface area (TPSA) is 71.1 Å². The number of pyridine rings is 1. The summed E-state index contributed by atoms with van der Waals surface area (Å²) in [5.41, 5.74) is 0.138. The van der Waals surface area contributed by atoms with Crippen molar-refractivity contribution in [2.45, 2.75) is 38.0 Å². The van der Waals surface area contributed by atoms with E-state index in [0.29, 0.717) is 29.9 Å². The van der Waals surface area contributed by atoms with E-state index in [1.54, 1.807) is 30.3 Å². The maximum atomic E-state index is 14.3. The number of nitrogens with zero attached hydrogens (tertiary/aromatic N) is 1. The fourth-order valence-corrected chi connectivity index (χ4v) is 3.43. The predicted molar refractivity (Wildman–Crippen MR) is 93.7 cm³/mol. The van der Waals surface area contributed by atoms with Gasteiger partial charge in [0.1, 0.15) is 11.6 Å². The summed E-state index contributed by atoms with van der Waals surface area (Å²) in [6.07, 6.45) is 4.47. The SMILES string of the molecule is CC(=O)Nc1ccc(NC(=O)C2(c3ccccc3F)CCCC2)nc1. The van der Waals surface area contributed by atoms with Gasteiger partial charge in [0.15, 0.2) is 0 Å². The van der Waals surface area contributed by atoms with Crippen molar-refractivity contribution in [3.63, 3.8) is 0 Å². The Kier molecular flexibility index (Phi) is 4.79. The highest BCUT2D eigenvalue weighted by molar-refractivity contribution is 5.99. The Morgan fingerprint density at radius 2 is 1.80 bits per heavy atom. The lowest BCUT2D eigenvalue weighted by Gasteiger charge is -2.28. The molecule has 0 atom stereocenters. The highest BCUT2D eigenvalue weighted by atomic mass is 19.1. The van der Waals surface area contributed by atoms with Crippen molar-refractivity contribution in [3.05, 3.63) is 54.0 Å². The molecule has 1 aromatic carbocycles. The van der Waals surface area contributed by atoms with Gasteiger partial charge in [0, 0.05) is 12.5 Å². The zero-order chi connectivity index (χ0) is 17.9. The van der Waals surface area contributed by atoms with Crippen molar-refractivity contribution in [2.24, 2.45) is 0 Å². The number of carbonyl (C=O) groups excluding carboxylic acids is 2. The van der Waals surface area contributed by atoms with Gasteiger partial charge in [-0.3, -0.25) is 9.59 Å². The van der Waals surface area contributed by atoms with Crippen LogP contribution < -0.4 is 10.6 Å². The largest absolute Gasteiger partial charge is 0.325 e. The number of hydrogen-bond acceptors (Lipinski definition) is 3. The van der Waals surface area contributed by atoms with E-state index in [0.717, 1.165) is 12.8 Å². The number of rotatable bonds is 4. The van der Waals surface area contributed by atoms with Crippen LogP contribution in [-0.2, 0) is 15.0 Å². The first-order valence-corrected chi connectivity index (χ1v) is 8.31. The molecule has 2 N–H and O–H groups in total. The summed E-state index contributed by atoms with van der Waals surface area (Å²) >= 11 is 0. The number of aromatic nitrogens is 1. The van der Waals surface area contributed by atoms with Gasteiger partial charge in [-0.05, 0) is 31.0 Å². The third kappa shape index (κ3) is 3.52. The van der Waals surface area contributed by atoms with E-state index in [4.69, 9.17) is 0 Å². The number of benzene rings is 1. The average molecular weight is 341 g/mol. The number of hydrogen-bond donors (Lipinski definition) is 2. The van der Waals surface area contributed by atoms with Gasteiger partial charge in [0.2, 0.25) is 11.8 Å². The molecule has 3 rings (SSSR count). The summed E-state index contributed by atoms with van der Waals surface area (Å²) in [5, 5.41) is 5.42. The molecule has 5 nitrogen and oxygen atoms in total. The summed E-state index contributed by atoms with van der Waals surface area (Å²) in [6.45, 7) is 1.41. The molecule has 1 aliphatic carbocycles. The molecule has 0 spiro atoms. The molecule has 1 fully saturated rings. The lowest BCUT2D eigenvalue weighted by Crippen LogP contribution is -2.39. The second-order valence-corrected chi connectivity index (χ2v) is 6.34. The molecule has 1 aliphatic rings. The van der Waals surface area contributed by atoms with Crippen LogP contribution in [0.3, 0.4) is 0 Å². The molecule has 130 valence electrons. The molecule has 25 heavy (non-hydrogen) atoms. The van der Waals surface area contributed by atoms with Gasteiger partial charge in [-0.25, -0.2) is 9.37 Å². The van der Waals surface area contributed by atoms with E-state index in [9.17, 15) is 14.0 Å². The van der Waals surface area contributed by atoms with E-state index in [1.165, 1.54) is 19.2 Å². The molecule has 0 bridgehead atoms. The number of carbonyl (C=O) groups is 2. The number of anilines is 2. The molecule has 6 heteroatoms. The van der Waals surface area contributed by atoms with Gasteiger partial charge < -0.3 is 10.6 Å². The Bertz CT molecular complexity index is 784. The van der Waals surface area contributed by atoms with E-state index in [1.807, 2.05) is 0 Å². The van der Waals surface area contributed by atoms with Crippen LogP contribution in [0.1, 0.15) is 38.2 Å². The van der Waals surface area contributed by atoms with Crippen molar-refractivity contribution >= 4 is 23.3 Å². The van der Waals surface area contributed by atoms with Crippen LogP contribution in [-0.4, -0.2) is 16.8 Å². The van der Waals surface area contributed by atoms with Crippen LogP contribution in [0.25, 0.3) is 0 Å². The molecule has 1 saturated carbocycles. The van der Waals surface area contributed by atoms with E-state index >= 15 is 0 Å². The fourth-order valence-electron chi connectivity index (χ4n) is 3.43. The van der Waals surface area contributed by atoms with Gasteiger partial charge in [0.05, 0.1) is 17.3 Å². The minimum absolute atomic E-state index is 0.192. The van der Waals surface area contributed by atoms with Crippen LogP contribution in [0.2, 0.25) is 0 Å². The average Bonchev–Trinajstić information content (AvgIpc) is 3.07. The lowest BCUT2D eigenvalue weighted by atomic mass is 9.77. The molecule has 2 amide bonds. The molecule has 0 aliphatic heterocycles. The van der Waals surface area contributed by atoms with Crippen LogP contribution in [0.5, 0.6) is 0 Å². The zero-order valence-corrected chi connectivity index (χ0v) is 14.0. The minimum Gasteiger partial charge on any atom is -0.325 e. The number of amides is 2. The van der Waals surface area contributed by atoms with Crippen LogP contribution >= 0.6 is 0 Å². The Morgan fingerprint density at radius 3 is 2.40 bits per heavy atom. The molecule has 1 heterocycles. The molecule has 2 aromatic rings. The first kappa shape index (κ1) is 17.1. The Balaban J connectivity index is 1.83. The summed E-state index contributed by atoms with van der Waals surface area (Å²) < 4.78 is 14.3. The highest BCUT2D eigenvalue weighted by Crippen LogP contribution is 2.43. The van der Waals surface area contributed by atoms with Gasteiger partial charge >= 0.3 is 0 Å². The first-order chi connectivity index (χ1) is 12.0. The number of halogens is 1. The van der Waals surface area contributed by atoms with Gasteiger partial charge in [-0.1, -0.05) is 31.0 Å². The van der Waals surface area contributed by atoms with Crippen molar-refractivity contribution in [1.29, 1.82) is 0 Å². The van der Waals surface area contributed by atoms with Crippen molar-refractivity contribution in [1.82, 2.24) is 4.98 Å². The molecular weight excluding hydrogens is 321 g/mol. The van der Waals surface area contributed by atoms with Crippen molar-refractivity contribution < 1.29 is 14.0 Å². The van der Waals surface area contributed by atoms with E-state index < -0.39 is 5.41 Å². The second-order valence-electron chi connectivity index (χ2n) is 6.34.